The van der Waals surface area contributed by atoms with Crippen LogP contribution in [0.15, 0.2) is 34.8 Å². The highest BCUT2D eigenvalue weighted by Gasteiger charge is 2.33. The number of amides is 1. The van der Waals surface area contributed by atoms with Gasteiger partial charge in [-0.3, -0.25) is 4.79 Å². The van der Waals surface area contributed by atoms with Gasteiger partial charge in [0.1, 0.15) is 6.04 Å². The van der Waals surface area contributed by atoms with Crippen LogP contribution in [0.1, 0.15) is 18.4 Å². The number of ether oxygens (including phenoxy) is 1. The number of benzene rings is 1. The molecule has 106 valence electrons. The molecule has 0 bridgehead atoms. The van der Waals surface area contributed by atoms with Crippen LogP contribution in [0.25, 0.3) is 6.08 Å². The fourth-order valence-electron chi connectivity index (χ4n) is 2.28. The number of nitrogens with zero attached hydrogens (tertiary/aromatic N) is 1. The average Bonchev–Trinajstić information content (AvgIpc) is 2.94. The van der Waals surface area contributed by atoms with Gasteiger partial charge in [-0.2, -0.15) is 0 Å². The lowest BCUT2D eigenvalue weighted by Crippen LogP contribution is -2.40. The summed E-state index contributed by atoms with van der Waals surface area (Å²) in [6, 6.07) is 7.20. The average molecular weight is 338 g/mol. The molecule has 1 saturated heterocycles. The van der Waals surface area contributed by atoms with Gasteiger partial charge in [-0.15, -0.1) is 0 Å². The van der Waals surface area contributed by atoms with E-state index in [1.54, 1.807) is 11.0 Å². The van der Waals surface area contributed by atoms with E-state index >= 15 is 0 Å². The quantitative estimate of drug-likeness (QED) is 0.629. The molecule has 0 N–H and O–H groups in total. The summed E-state index contributed by atoms with van der Waals surface area (Å²) in [5, 5.41) is 0. The van der Waals surface area contributed by atoms with Crippen molar-refractivity contribution < 1.29 is 14.3 Å². The van der Waals surface area contributed by atoms with Gasteiger partial charge in [0.05, 0.1) is 7.11 Å². The monoisotopic (exact) mass is 337 g/mol. The summed E-state index contributed by atoms with van der Waals surface area (Å²) in [4.78, 5) is 25.4. The van der Waals surface area contributed by atoms with Crippen LogP contribution in [-0.2, 0) is 14.3 Å². The van der Waals surface area contributed by atoms with Crippen LogP contribution in [0.3, 0.4) is 0 Å². The van der Waals surface area contributed by atoms with Crippen LogP contribution in [-0.4, -0.2) is 36.5 Å². The van der Waals surface area contributed by atoms with Crippen LogP contribution >= 0.6 is 15.9 Å². The van der Waals surface area contributed by atoms with Gasteiger partial charge < -0.3 is 9.64 Å². The van der Waals surface area contributed by atoms with Crippen LogP contribution in [0.5, 0.6) is 0 Å². The predicted octanol–water partition coefficient (Wildman–Crippen LogP) is 2.63. The van der Waals surface area contributed by atoms with E-state index in [1.165, 1.54) is 13.2 Å². The highest BCUT2D eigenvalue weighted by molar-refractivity contribution is 9.10. The molecule has 0 unspecified atom stereocenters. The molecule has 1 aromatic carbocycles. The Bertz CT molecular complexity index is 542. The van der Waals surface area contributed by atoms with Crippen LogP contribution in [0.2, 0.25) is 0 Å². The van der Waals surface area contributed by atoms with E-state index in [1.807, 2.05) is 24.3 Å². The summed E-state index contributed by atoms with van der Waals surface area (Å²) < 4.78 is 5.66. The third kappa shape index (κ3) is 3.28. The second-order valence-electron chi connectivity index (χ2n) is 4.57. The molecule has 0 saturated carbocycles. The Morgan fingerprint density at radius 1 is 1.40 bits per heavy atom. The van der Waals surface area contributed by atoms with Gasteiger partial charge in [0.2, 0.25) is 5.91 Å². The number of likely N-dealkylation sites (tertiary alicyclic amines) is 1. The van der Waals surface area contributed by atoms with Gasteiger partial charge in [0.25, 0.3) is 0 Å². The topological polar surface area (TPSA) is 46.6 Å². The zero-order chi connectivity index (χ0) is 14.5. The van der Waals surface area contributed by atoms with Crippen molar-refractivity contribution in [1.29, 1.82) is 0 Å². The third-order valence-corrected chi connectivity index (χ3v) is 4.04. The normalized spacial score (nSPS) is 18.5. The summed E-state index contributed by atoms with van der Waals surface area (Å²) in [6.07, 6.45) is 4.75. The van der Waals surface area contributed by atoms with Gasteiger partial charge in [0.15, 0.2) is 0 Å². The second kappa shape index (κ2) is 6.70. The summed E-state index contributed by atoms with van der Waals surface area (Å²) in [5.41, 5.74) is 0.926. The first-order valence-electron chi connectivity index (χ1n) is 6.44. The zero-order valence-corrected chi connectivity index (χ0v) is 12.8. The molecule has 20 heavy (non-hydrogen) atoms. The second-order valence-corrected chi connectivity index (χ2v) is 5.42. The molecule has 2 rings (SSSR count). The van der Waals surface area contributed by atoms with Gasteiger partial charge in [0, 0.05) is 17.1 Å². The molecule has 1 aliphatic rings. The molecular formula is C15H16BrNO3. The maximum absolute atomic E-state index is 12.2. The molecule has 0 radical (unpaired) electrons. The fourth-order valence-corrected chi connectivity index (χ4v) is 2.70. The first-order valence-corrected chi connectivity index (χ1v) is 7.24. The largest absolute Gasteiger partial charge is 0.467 e. The molecule has 1 fully saturated rings. The van der Waals surface area contributed by atoms with Gasteiger partial charge in [-0.25, -0.2) is 4.79 Å². The molecule has 5 heteroatoms. The third-order valence-electron chi connectivity index (χ3n) is 3.32. The summed E-state index contributed by atoms with van der Waals surface area (Å²) in [6.45, 7) is 0.596. The molecule has 1 aromatic rings. The van der Waals surface area contributed by atoms with Crippen molar-refractivity contribution in [2.24, 2.45) is 0 Å². The predicted molar refractivity (Wildman–Crippen MR) is 79.9 cm³/mol. The highest BCUT2D eigenvalue weighted by Crippen LogP contribution is 2.20. The number of halogens is 1. The summed E-state index contributed by atoms with van der Waals surface area (Å²) >= 11 is 3.43. The van der Waals surface area contributed by atoms with Gasteiger partial charge in [-0.1, -0.05) is 34.1 Å². The van der Waals surface area contributed by atoms with Crippen LogP contribution < -0.4 is 0 Å². The Labute approximate surface area is 126 Å². The standard InChI is InChI=1S/C15H16BrNO3/c1-20-15(19)13-7-4-10-17(13)14(18)9-8-11-5-2-3-6-12(11)16/h2-3,5-6,8-9,13H,4,7,10H2,1H3/b9-8-/t13-/m0/s1. The number of hydrogen-bond donors (Lipinski definition) is 0. The molecule has 1 aliphatic heterocycles. The first-order chi connectivity index (χ1) is 9.63. The van der Waals surface area contributed by atoms with Crippen molar-refractivity contribution in [3.63, 3.8) is 0 Å². The lowest BCUT2D eigenvalue weighted by Gasteiger charge is -2.20. The van der Waals surface area contributed by atoms with Crippen molar-refractivity contribution in [2.75, 3.05) is 13.7 Å². The van der Waals surface area contributed by atoms with Gasteiger partial charge in [-0.05, 0) is 30.5 Å². The first kappa shape index (κ1) is 14.8. The van der Waals surface area contributed by atoms with E-state index in [0.29, 0.717) is 13.0 Å². The van der Waals surface area contributed by atoms with E-state index in [-0.39, 0.29) is 11.9 Å². The minimum absolute atomic E-state index is 0.159. The molecule has 4 nitrogen and oxygen atoms in total. The Balaban J connectivity index is 2.08. The van der Waals surface area contributed by atoms with E-state index in [0.717, 1.165) is 16.5 Å². The van der Waals surface area contributed by atoms with E-state index in [9.17, 15) is 9.59 Å². The summed E-state index contributed by atoms with van der Waals surface area (Å²) in [5.74, 6) is -0.501. The number of carbonyl (C=O) groups is 2. The maximum atomic E-state index is 12.2. The smallest absolute Gasteiger partial charge is 0.328 e. The van der Waals surface area contributed by atoms with E-state index in [2.05, 4.69) is 15.9 Å². The van der Waals surface area contributed by atoms with Crippen molar-refractivity contribution in [2.45, 2.75) is 18.9 Å². The number of carbonyl (C=O) groups excluding carboxylic acids is 2. The van der Waals surface area contributed by atoms with Crippen LogP contribution in [0.4, 0.5) is 0 Å². The number of rotatable bonds is 3. The Morgan fingerprint density at radius 2 is 2.15 bits per heavy atom. The van der Waals surface area contributed by atoms with Gasteiger partial charge >= 0.3 is 5.97 Å². The number of esters is 1. The Hall–Kier alpha value is -1.62. The van der Waals surface area contributed by atoms with Crippen molar-refractivity contribution in [1.82, 2.24) is 4.90 Å². The molecule has 1 heterocycles. The SMILES string of the molecule is COC(=O)[C@@H]1CCCN1C(=O)/C=C\c1ccccc1Br. The highest BCUT2D eigenvalue weighted by atomic mass is 79.9. The zero-order valence-electron chi connectivity index (χ0n) is 11.2. The Kier molecular flexibility index (Phi) is 4.95. The van der Waals surface area contributed by atoms with Crippen molar-refractivity contribution >= 4 is 33.9 Å². The molecule has 1 amide bonds. The van der Waals surface area contributed by atoms with E-state index in [4.69, 9.17) is 4.74 Å². The minimum Gasteiger partial charge on any atom is -0.467 e. The number of hydrogen-bond acceptors (Lipinski definition) is 3. The number of methoxy groups -OCH3 is 1. The van der Waals surface area contributed by atoms with Crippen molar-refractivity contribution in [3.05, 3.63) is 40.4 Å². The molecule has 1 atom stereocenters. The van der Waals surface area contributed by atoms with Crippen molar-refractivity contribution in [3.8, 4) is 0 Å². The molecule has 0 spiro atoms. The van der Waals surface area contributed by atoms with E-state index < -0.39 is 6.04 Å². The van der Waals surface area contributed by atoms with Crippen LogP contribution in [0, 0.1) is 0 Å². The Morgan fingerprint density at radius 3 is 2.85 bits per heavy atom. The molecular weight excluding hydrogens is 322 g/mol. The minimum atomic E-state index is -0.448. The fraction of sp³-hybridized carbons (Fsp3) is 0.333. The maximum Gasteiger partial charge on any atom is 0.328 e. The molecule has 0 aromatic heterocycles. The summed E-state index contributed by atoms with van der Waals surface area (Å²) in [7, 11) is 1.35. The molecule has 0 aliphatic carbocycles. The lowest BCUT2D eigenvalue weighted by atomic mass is 10.2. The lowest BCUT2D eigenvalue weighted by molar-refractivity contribution is -0.149.